The molecule has 0 aliphatic carbocycles. The van der Waals surface area contributed by atoms with Crippen LogP contribution in [0.15, 0.2) is 24.3 Å². The monoisotopic (exact) mass is 370 g/mol. The van der Waals surface area contributed by atoms with Crippen LogP contribution in [0.4, 0.5) is 0 Å². The van der Waals surface area contributed by atoms with Crippen molar-refractivity contribution in [3.8, 4) is 11.1 Å². The van der Waals surface area contributed by atoms with Crippen molar-refractivity contribution in [2.75, 3.05) is 20.2 Å². The lowest BCUT2D eigenvalue weighted by Crippen LogP contribution is -2.42. The number of amides is 2. The zero-order valence-electron chi connectivity index (χ0n) is 16.1. The van der Waals surface area contributed by atoms with Gasteiger partial charge in [0.25, 0.3) is 5.91 Å². The van der Waals surface area contributed by atoms with Crippen LogP contribution in [-0.4, -0.2) is 52.8 Å². The highest BCUT2D eigenvalue weighted by Gasteiger charge is 2.25. The van der Waals surface area contributed by atoms with E-state index in [1.807, 2.05) is 43.0 Å². The highest BCUT2D eigenvalue weighted by atomic mass is 16.5. The fourth-order valence-corrected chi connectivity index (χ4v) is 3.72. The van der Waals surface area contributed by atoms with Crippen LogP contribution in [0.1, 0.15) is 34.6 Å². The summed E-state index contributed by atoms with van der Waals surface area (Å²) in [5, 5.41) is 4.42. The zero-order chi connectivity index (χ0) is 19.6. The van der Waals surface area contributed by atoms with Crippen LogP contribution in [0, 0.1) is 13.8 Å². The van der Waals surface area contributed by atoms with Crippen LogP contribution in [0.25, 0.3) is 11.1 Å². The van der Waals surface area contributed by atoms with E-state index in [1.165, 1.54) is 0 Å². The zero-order valence-corrected chi connectivity index (χ0v) is 16.1. The van der Waals surface area contributed by atoms with Crippen molar-refractivity contribution >= 4 is 11.8 Å². The number of aryl methyl sites for hydroxylation is 1. The number of nitrogens with two attached hydrogens (primary N) is 1. The summed E-state index contributed by atoms with van der Waals surface area (Å²) in [6.07, 6.45) is 2.03. The molecule has 144 valence electrons. The van der Waals surface area contributed by atoms with E-state index in [2.05, 4.69) is 5.10 Å². The lowest BCUT2D eigenvalue weighted by atomic mass is 10.00. The van der Waals surface area contributed by atoms with Gasteiger partial charge in [0.05, 0.1) is 11.8 Å². The van der Waals surface area contributed by atoms with Crippen LogP contribution >= 0.6 is 0 Å². The minimum absolute atomic E-state index is 0.0124. The maximum Gasteiger partial charge on any atom is 0.253 e. The van der Waals surface area contributed by atoms with E-state index in [1.54, 1.807) is 11.8 Å². The van der Waals surface area contributed by atoms with E-state index in [-0.39, 0.29) is 18.6 Å². The quantitative estimate of drug-likeness (QED) is 0.870. The third-order valence-electron chi connectivity index (χ3n) is 5.08. The second-order valence-corrected chi connectivity index (χ2v) is 7.00. The Morgan fingerprint density at radius 2 is 2.11 bits per heavy atom. The number of rotatable bonds is 5. The molecule has 2 N–H and O–H groups in total. The average Bonchev–Trinajstić information content (AvgIpc) is 2.94. The highest BCUT2D eigenvalue weighted by molar-refractivity contribution is 5.95. The molecule has 1 saturated heterocycles. The van der Waals surface area contributed by atoms with Crippen molar-refractivity contribution in [3.05, 3.63) is 41.2 Å². The molecule has 0 unspecified atom stereocenters. The van der Waals surface area contributed by atoms with E-state index in [9.17, 15) is 9.59 Å². The first-order valence-corrected chi connectivity index (χ1v) is 9.15. The summed E-state index contributed by atoms with van der Waals surface area (Å²) in [4.78, 5) is 26.1. The van der Waals surface area contributed by atoms with Gasteiger partial charge in [-0.3, -0.25) is 14.3 Å². The molecule has 2 amide bonds. The number of hydrogen-bond donors (Lipinski definition) is 1. The van der Waals surface area contributed by atoms with Gasteiger partial charge in [0.1, 0.15) is 6.54 Å². The van der Waals surface area contributed by atoms with Gasteiger partial charge in [-0.1, -0.05) is 12.1 Å². The van der Waals surface area contributed by atoms with Crippen molar-refractivity contribution < 1.29 is 14.3 Å². The third-order valence-corrected chi connectivity index (χ3v) is 5.08. The molecule has 27 heavy (non-hydrogen) atoms. The van der Waals surface area contributed by atoms with E-state index in [0.29, 0.717) is 12.1 Å². The predicted octanol–water partition coefficient (Wildman–Crippen LogP) is 1.90. The number of primary amides is 1. The summed E-state index contributed by atoms with van der Waals surface area (Å²) >= 11 is 0. The van der Waals surface area contributed by atoms with Crippen LogP contribution in [0.2, 0.25) is 0 Å². The fourth-order valence-electron chi connectivity index (χ4n) is 3.72. The van der Waals surface area contributed by atoms with Gasteiger partial charge in [0, 0.05) is 37.0 Å². The fraction of sp³-hybridized carbons (Fsp3) is 0.450. The number of ether oxygens (including phenoxy) is 1. The largest absolute Gasteiger partial charge is 0.380 e. The molecule has 7 heteroatoms. The second kappa shape index (κ2) is 7.92. The highest BCUT2D eigenvalue weighted by Crippen LogP contribution is 2.28. The normalized spacial score (nSPS) is 17.1. The maximum atomic E-state index is 13.0. The van der Waals surface area contributed by atoms with Gasteiger partial charge in [-0.05, 0) is 44.4 Å². The van der Waals surface area contributed by atoms with Gasteiger partial charge in [-0.25, -0.2) is 0 Å². The summed E-state index contributed by atoms with van der Waals surface area (Å²) in [7, 11) is 1.69. The first-order chi connectivity index (χ1) is 12.9. The molecule has 1 fully saturated rings. The van der Waals surface area contributed by atoms with Crippen LogP contribution < -0.4 is 5.73 Å². The van der Waals surface area contributed by atoms with E-state index in [4.69, 9.17) is 10.5 Å². The van der Waals surface area contributed by atoms with E-state index in [0.717, 1.165) is 41.9 Å². The van der Waals surface area contributed by atoms with E-state index < -0.39 is 5.91 Å². The lowest BCUT2D eigenvalue weighted by Gasteiger charge is -2.32. The number of likely N-dealkylation sites (tertiary alicyclic amines) is 1. The molecular weight excluding hydrogens is 344 g/mol. The van der Waals surface area contributed by atoms with E-state index >= 15 is 0 Å². The number of piperidine rings is 1. The van der Waals surface area contributed by atoms with Crippen LogP contribution in [0.5, 0.6) is 0 Å². The number of aromatic nitrogens is 2. The summed E-state index contributed by atoms with van der Waals surface area (Å²) in [5.41, 5.74) is 9.44. The summed E-state index contributed by atoms with van der Waals surface area (Å²) in [6.45, 7) is 5.20. The van der Waals surface area contributed by atoms with Crippen molar-refractivity contribution in [2.24, 2.45) is 5.73 Å². The predicted molar refractivity (Wildman–Crippen MR) is 102 cm³/mol. The first kappa shape index (κ1) is 19.1. The Morgan fingerprint density at radius 3 is 2.81 bits per heavy atom. The number of benzene rings is 1. The molecule has 0 spiro atoms. The molecule has 1 aromatic carbocycles. The van der Waals surface area contributed by atoms with Crippen LogP contribution in [-0.2, 0) is 16.1 Å². The average molecular weight is 370 g/mol. The molecule has 1 atom stereocenters. The molecule has 3 rings (SSSR count). The summed E-state index contributed by atoms with van der Waals surface area (Å²) in [5.74, 6) is -0.424. The van der Waals surface area contributed by atoms with Gasteiger partial charge < -0.3 is 15.4 Å². The molecular formula is C20H26N4O3. The molecule has 1 aliphatic rings. The number of methoxy groups -OCH3 is 1. The first-order valence-electron chi connectivity index (χ1n) is 9.15. The minimum Gasteiger partial charge on any atom is -0.380 e. The summed E-state index contributed by atoms with van der Waals surface area (Å²) in [6, 6.07) is 7.56. The molecule has 0 saturated carbocycles. The lowest BCUT2D eigenvalue weighted by molar-refractivity contribution is -0.118. The Bertz CT molecular complexity index is 859. The molecule has 0 radical (unpaired) electrons. The van der Waals surface area contributed by atoms with Gasteiger partial charge in [0.2, 0.25) is 5.91 Å². The molecule has 0 bridgehead atoms. The Kier molecular flexibility index (Phi) is 5.60. The molecule has 2 heterocycles. The molecule has 1 aromatic heterocycles. The Balaban J connectivity index is 1.89. The van der Waals surface area contributed by atoms with Gasteiger partial charge in [0.15, 0.2) is 0 Å². The van der Waals surface area contributed by atoms with Gasteiger partial charge >= 0.3 is 0 Å². The molecule has 1 aliphatic heterocycles. The van der Waals surface area contributed by atoms with Gasteiger partial charge in [-0.15, -0.1) is 0 Å². The Hall–Kier alpha value is -2.67. The second-order valence-electron chi connectivity index (χ2n) is 7.00. The molecule has 2 aromatic rings. The number of carbonyl (C=O) groups is 2. The van der Waals surface area contributed by atoms with Crippen molar-refractivity contribution in [1.82, 2.24) is 14.7 Å². The maximum absolute atomic E-state index is 13.0. The standard InChI is InChI=1S/C20H26N4O3/c1-13-19(14(2)24(22-13)12-18(21)25)15-6-4-7-16(10-15)20(26)23-9-5-8-17(11-23)27-3/h4,6-7,10,17H,5,8-9,11-12H2,1-3H3,(H2,21,25)/t17-/m0/s1. The SMILES string of the molecule is CO[C@H]1CCCN(C(=O)c2cccc(-c3c(C)nn(CC(N)=O)c3C)c2)C1. The van der Waals surface area contributed by atoms with Crippen LogP contribution in [0.3, 0.4) is 0 Å². The van der Waals surface area contributed by atoms with Crippen molar-refractivity contribution in [2.45, 2.75) is 39.3 Å². The van der Waals surface area contributed by atoms with Crippen molar-refractivity contribution in [1.29, 1.82) is 0 Å². The van der Waals surface area contributed by atoms with Gasteiger partial charge in [-0.2, -0.15) is 5.10 Å². The minimum atomic E-state index is -0.436. The van der Waals surface area contributed by atoms with Crippen molar-refractivity contribution in [3.63, 3.8) is 0 Å². The summed E-state index contributed by atoms with van der Waals surface area (Å²) < 4.78 is 7.03. The third kappa shape index (κ3) is 4.03. The number of hydrogen-bond acceptors (Lipinski definition) is 4. The Labute approximate surface area is 159 Å². The molecule has 7 nitrogen and oxygen atoms in total. The number of nitrogens with zero attached hydrogens (tertiary/aromatic N) is 3. The number of carbonyl (C=O) groups excluding carboxylic acids is 2. The Morgan fingerprint density at radius 1 is 1.33 bits per heavy atom. The smallest absolute Gasteiger partial charge is 0.253 e. The topological polar surface area (TPSA) is 90.4 Å².